The second-order valence-electron chi connectivity index (χ2n) is 5.36. The zero-order chi connectivity index (χ0) is 13.5. The zero-order valence-corrected chi connectivity index (χ0v) is 11.4. The molecule has 7 heteroatoms. The largest absolute Gasteiger partial charge is 0.444 e. The number of ether oxygens (including phenoxy) is 1. The van der Waals surface area contributed by atoms with Gasteiger partial charge < -0.3 is 15.4 Å². The van der Waals surface area contributed by atoms with Crippen LogP contribution in [0.15, 0.2) is 6.20 Å². The van der Waals surface area contributed by atoms with E-state index in [1.807, 2.05) is 20.8 Å². The molecule has 2 N–H and O–H groups in total. The van der Waals surface area contributed by atoms with Crippen molar-refractivity contribution in [3.63, 3.8) is 0 Å². The van der Waals surface area contributed by atoms with Gasteiger partial charge >= 0.3 is 6.09 Å². The average Bonchev–Trinajstić information content (AvgIpc) is 2.44. The van der Waals surface area contributed by atoms with Crippen LogP contribution in [-0.4, -0.2) is 39.5 Å². The molecule has 1 fully saturated rings. The number of hydrogen-bond donors (Lipinski definition) is 1. The maximum Gasteiger partial charge on any atom is 0.410 e. The van der Waals surface area contributed by atoms with Gasteiger partial charge in [-0.25, -0.2) is 9.48 Å². The Labute approximate surface area is 111 Å². The molecule has 1 amide bonds. The molecule has 18 heavy (non-hydrogen) atoms. The minimum atomic E-state index is -0.476. The van der Waals surface area contributed by atoms with Crippen LogP contribution in [-0.2, 0) is 4.74 Å². The predicted octanol–water partition coefficient (Wildman–Crippen LogP) is 1.91. The second-order valence-corrected chi connectivity index (χ2v) is 5.77. The van der Waals surface area contributed by atoms with E-state index in [2.05, 4.69) is 5.10 Å². The van der Waals surface area contributed by atoms with Gasteiger partial charge in [0.2, 0.25) is 0 Å². The van der Waals surface area contributed by atoms with Crippen LogP contribution in [0.5, 0.6) is 0 Å². The fourth-order valence-electron chi connectivity index (χ4n) is 1.73. The number of halogens is 1. The molecule has 1 aliphatic rings. The summed E-state index contributed by atoms with van der Waals surface area (Å²) >= 11 is 5.83. The third-order valence-corrected chi connectivity index (χ3v) is 2.94. The average molecular weight is 273 g/mol. The van der Waals surface area contributed by atoms with Crippen molar-refractivity contribution >= 4 is 23.5 Å². The summed E-state index contributed by atoms with van der Waals surface area (Å²) in [4.78, 5) is 13.3. The van der Waals surface area contributed by atoms with Gasteiger partial charge in [-0.05, 0) is 20.8 Å². The summed E-state index contributed by atoms with van der Waals surface area (Å²) in [7, 11) is 0. The third-order valence-electron chi connectivity index (χ3n) is 2.65. The highest BCUT2D eigenvalue weighted by molar-refractivity contribution is 6.32. The Hall–Kier alpha value is -1.43. The molecule has 1 aromatic heterocycles. The maximum absolute atomic E-state index is 11.7. The van der Waals surface area contributed by atoms with Crippen molar-refractivity contribution in [3.05, 3.63) is 11.2 Å². The normalized spacial score (nSPS) is 16.6. The smallest absolute Gasteiger partial charge is 0.410 e. The number of carbonyl (C=O) groups excluding carboxylic acids is 1. The number of amides is 1. The Morgan fingerprint density at radius 2 is 2.17 bits per heavy atom. The molecule has 0 radical (unpaired) electrons. The fourth-order valence-corrected chi connectivity index (χ4v) is 1.86. The summed E-state index contributed by atoms with van der Waals surface area (Å²) < 4.78 is 6.90. The number of likely N-dealkylation sites (tertiary alicyclic amines) is 1. The number of nitrogens with two attached hydrogens (primary N) is 1. The lowest BCUT2D eigenvalue weighted by Crippen LogP contribution is -2.52. The fraction of sp³-hybridized carbons (Fsp3) is 0.636. The van der Waals surface area contributed by atoms with E-state index < -0.39 is 5.60 Å². The molecule has 0 spiro atoms. The lowest BCUT2D eigenvalue weighted by atomic mass is 10.1. The van der Waals surface area contributed by atoms with Crippen molar-refractivity contribution in [1.82, 2.24) is 14.7 Å². The minimum Gasteiger partial charge on any atom is -0.444 e. The van der Waals surface area contributed by atoms with Gasteiger partial charge in [-0.3, -0.25) is 0 Å². The van der Waals surface area contributed by atoms with Crippen LogP contribution in [0.1, 0.15) is 26.8 Å². The molecule has 1 aliphatic heterocycles. The van der Waals surface area contributed by atoms with E-state index in [0.717, 1.165) is 0 Å². The molecular weight excluding hydrogens is 256 g/mol. The maximum atomic E-state index is 11.7. The number of hydrogen-bond acceptors (Lipinski definition) is 4. The van der Waals surface area contributed by atoms with E-state index >= 15 is 0 Å². The summed E-state index contributed by atoms with van der Waals surface area (Å²) in [5.74, 6) is 0.436. The number of carbonyl (C=O) groups is 1. The van der Waals surface area contributed by atoms with Crippen molar-refractivity contribution in [3.8, 4) is 0 Å². The second kappa shape index (κ2) is 4.35. The molecule has 0 saturated carbocycles. The number of rotatable bonds is 1. The highest BCUT2D eigenvalue weighted by Gasteiger charge is 2.36. The van der Waals surface area contributed by atoms with Crippen LogP contribution in [0.3, 0.4) is 0 Å². The first kappa shape index (κ1) is 13.0. The van der Waals surface area contributed by atoms with Gasteiger partial charge in [0.1, 0.15) is 16.4 Å². The Morgan fingerprint density at radius 3 is 2.61 bits per heavy atom. The molecule has 1 saturated heterocycles. The van der Waals surface area contributed by atoms with Gasteiger partial charge in [0.05, 0.1) is 12.2 Å². The molecule has 0 bridgehead atoms. The lowest BCUT2D eigenvalue weighted by Gasteiger charge is -2.39. The van der Waals surface area contributed by atoms with E-state index in [1.54, 1.807) is 9.58 Å². The predicted molar refractivity (Wildman–Crippen MR) is 68.5 cm³/mol. The van der Waals surface area contributed by atoms with Crippen molar-refractivity contribution in [2.75, 3.05) is 18.8 Å². The number of aromatic nitrogens is 2. The molecule has 1 aromatic rings. The summed E-state index contributed by atoms with van der Waals surface area (Å²) in [5, 5.41) is 4.52. The highest BCUT2D eigenvalue weighted by Crippen LogP contribution is 2.28. The van der Waals surface area contributed by atoms with Crippen LogP contribution in [0.2, 0.25) is 5.02 Å². The molecule has 0 unspecified atom stereocenters. The Balaban J connectivity index is 1.91. The quantitative estimate of drug-likeness (QED) is 0.847. The Morgan fingerprint density at radius 1 is 1.56 bits per heavy atom. The number of anilines is 1. The SMILES string of the molecule is CC(C)(C)OC(=O)N1CC(n2ncc(Cl)c2N)C1. The van der Waals surface area contributed by atoms with Gasteiger partial charge in [-0.1, -0.05) is 11.6 Å². The van der Waals surface area contributed by atoms with E-state index in [-0.39, 0.29) is 12.1 Å². The number of nitrogens with zero attached hydrogens (tertiary/aromatic N) is 3. The first-order valence-corrected chi connectivity index (χ1v) is 6.12. The van der Waals surface area contributed by atoms with Crippen LogP contribution < -0.4 is 5.73 Å². The molecule has 0 atom stereocenters. The molecule has 2 rings (SSSR count). The highest BCUT2D eigenvalue weighted by atomic mass is 35.5. The Kier molecular flexibility index (Phi) is 3.14. The van der Waals surface area contributed by atoms with Gasteiger partial charge in [0.15, 0.2) is 0 Å². The van der Waals surface area contributed by atoms with Gasteiger partial charge in [-0.15, -0.1) is 0 Å². The van der Waals surface area contributed by atoms with Crippen molar-refractivity contribution in [2.24, 2.45) is 0 Å². The van der Waals surface area contributed by atoms with Crippen molar-refractivity contribution < 1.29 is 9.53 Å². The summed E-state index contributed by atoms with van der Waals surface area (Å²) in [6, 6.07) is 0.0741. The van der Waals surface area contributed by atoms with Crippen LogP contribution in [0.4, 0.5) is 10.6 Å². The van der Waals surface area contributed by atoms with Gasteiger partial charge in [0, 0.05) is 13.1 Å². The summed E-state index contributed by atoms with van der Waals surface area (Å²) in [5.41, 5.74) is 5.29. The lowest BCUT2D eigenvalue weighted by molar-refractivity contribution is -0.000111. The van der Waals surface area contributed by atoms with Crippen molar-refractivity contribution in [1.29, 1.82) is 0 Å². The van der Waals surface area contributed by atoms with E-state index in [1.165, 1.54) is 6.20 Å². The van der Waals surface area contributed by atoms with Crippen LogP contribution >= 0.6 is 11.6 Å². The molecule has 2 heterocycles. The van der Waals surface area contributed by atoms with E-state index in [4.69, 9.17) is 22.1 Å². The molecule has 100 valence electrons. The van der Waals surface area contributed by atoms with E-state index in [0.29, 0.717) is 23.9 Å². The Bertz CT molecular complexity index is 460. The molecule has 0 aliphatic carbocycles. The molecular formula is C11H17ClN4O2. The van der Waals surface area contributed by atoms with Gasteiger partial charge in [0.25, 0.3) is 0 Å². The minimum absolute atomic E-state index is 0.0741. The zero-order valence-electron chi connectivity index (χ0n) is 10.7. The number of nitrogen functional groups attached to an aromatic ring is 1. The molecule has 0 aromatic carbocycles. The van der Waals surface area contributed by atoms with E-state index in [9.17, 15) is 4.79 Å². The first-order valence-electron chi connectivity index (χ1n) is 5.74. The monoisotopic (exact) mass is 272 g/mol. The first-order chi connectivity index (χ1) is 8.28. The molecule has 6 nitrogen and oxygen atoms in total. The van der Waals surface area contributed by atoms with Crippen LogP contribution in [0, 0.1) is 0 Å². The summed E-state index contributed by atoms with van der Waals surface area (Å²) in [6.07, 6.45) is 1.20. The topological polar surface area (TPSA) is 73.4 Å². The third kappa shape index (κ3) is 2.53. The summed E-state index contributed by atoms with van der Waals surface area (Å²) in [6.45, 7) is 6.60. The van der Waals surface area contributed by atoms with Crippen LogP contribution in [0.25, 0.3) is 0 Å². The van der Waals surface area contributed by atoms with Crippen molar-refractivity contribution in [2.45, 2.75) is 32.4 Å². The standard InChI is InChI=1S/C11H17ClN4O2/c1-11(2,3)18-10(17)15-5-7(6-15)16-9(13)8(12)4-14-16/h4,7H,5-6,13H2,1-3H3. The van der Waals surface area contributed by atoms with Gasteiger partial charge in [-0.2, -0.15) is 5.10 Å².